The van der Waals surface area contributed by atoms with Gasteiger partial charge in [0.1, 0.15) is 11.4 Å². The zero-order valence-corrected chi connectivity index (χ0v) is 16.9. The number of hydrogen-bond acceptors (Lipinski definition) is 4. The molecule has 8 bridgehead atoms. The molecule has 5 aliphatic heterocycles. The highest BCUT2D eigenvalue weighted by Gasteiger charge is 2.63. The van der Waals surface area contributed by atoms with Crippen molar-refractivity contribution < 1.29 is 19.1 Å². The van der Waals surface area contributed by atoms with E-state index < -0.39 is 11.7 Å². The molecular formula is C24H30O4. The molecule has 28 heavy (non-hydrogen) atoms. The van der Waals surface area contributed by atoms with Crippen molar-refractivity contribution in [1.29, 1.82) is 0 Å². The van der Waals surface area contributed by atoms with Gasteiger partial charge >= 0.3 is 5.97 Å². The number of rotatable bonds is 2. The van der Waals surface area contributed by atoms with Gasteiger partial charge in [0.2, 0.25) is 0 Å². The summed E-state index contributed by atoms with van der Waals surface area (Å²) in [7, 11) is 0. The molecule has 4 nitrogen and oxygen atoms in total. The van der Waals surface area contributed by atoms with Crippen LogP contribution in [0.25, 0.3) is 0 Å². The molecule has 2 fully saturated rings. The average molecular weight is 383 g/mol. The molecule has 3 aliphatic carbocycles. The predicted octanol–water partition coefficient (Wildman–Crippen LogP) is 4.58. The number of esters is 1. The van der Waals surface area contributed by atoms with Gasteiger partial charge in [0.05, 0.1) is 0 Å². The summed E-state index contributed by atoms with van der Waals surface area (Å²) in [6.07, 6.45) is 8.24. The number of ether oxygens (including phenoxy) is 2. The number of aldehydes is 1. The summed E-state index contributed by atoms with van der Waals surface area (Å²) in [5.41, 5.74) is 2.40. The third-order valence-electron chi connectivity index (χ3n) is 8.60. The molecule has 150 valence electrons. The van der Waals surface area contributed by atoms with Gasteiger partial charge in [-0.15, -0.1) is 0 Å². The van der Waals surface area contributed by atoms with Crippen molar-refractivity contribution in [2.24, 2.45) is 17.3 Å². The van der Waals surface area contributed by atoms with E-state index in [0.717, 1.165) is 44.1 Å². The van der Waals surface area contributed by atoms with E-state index in [0.29, 0.717) is 30.6 Å². The monoisotopic (exact) mass is 382 g/mol. The Bertz CT molecular complexity index is 817. The van der Waals surface area contributed by atoms with Crippen molar-refractivity contribution in [3.8, 4) is 5.75 Å². The van der Waals surface area contributed by atoms with Crippen molar-refractivity contribution >= 4 is 12.3 Å². The first-order chi connectivity index (χ1) is 13.5. The molecule has 0 spiro atoms. The molecule has 2 saturated carbocycles. The van der Waals surface area contributed by atoms with Crippen LogP contribution < -0.4 is 4.74 Å². The second-order valence-electron chi connectivity index (χ2n) is 9.69. The SMILES string of the molecule is CC(=O)O[C@@]12CCC(C=O)Oc3ccc4c(c3)CC[C@H]3C4CC[C@@]1(C)[C@H]3CC2. The predicted molar refractivity (Wildman–Crippen MR) is 105 cm³/mol. The number of carbonyl (C=O) groups is 2. The molecule has 0 aromatic heterocycles. The highest BCUT2D eigenvalue weighted by Crippen LogP contribution is 2.66. The molecule has 6 atom stereocenters. The maximum Gasteiger partial charge on any atom is 0.303 e. The van der Waals surface area contributed by atoms with Gasteiger partial charge in [0.25, 0.3) is 0 Å². The summed E-state index contributed by atoms with van der Waals surface area (Å²) < 4.78 is 12.2. The van der Waals surface area contributed by atoms with E-state index in [1.54, 1.807) is 0 Å². The lowest BCUT2D eigenvalue weighted by Crippen LogP contribution is -2.53. The lowest BCUT2D eigenvalue weighted by Gasteiger charge is -2.54. The summed E-state index contributed by atoms with van der Waals surface area (Å²) in [6, 6.07) is 6.45. The van der Waals surface area contributed by atoms with Crippen molar-refractivity contribution in [1.82, 2.24) is 0 Å². The van der Waals surface area contributed by atoms with Crippen LogP contribution in [-0.2, 0) is 20.7 Å². The second-order valence-corrected chi connectivity index (χ2v) is 9.69. The van der Waals surface area contributed by atoms with Crippen molar-refractivity contribution in [3.05, 3.63) is 29.3 Å². The molecular weight excluding hydrogens is 352 g/mol. The molecule has 0 N–H and O–H groups in total. The Labute approximate surface area is 167 Å². The zero-order chi connectivity index (χ0) is 19.5. The first-order valence-electron chi connectivity index (χ1n) is 10.9. The minimum atomic E-state index is -0.497. The summed E-state index contributed by atoms with van der Waals surface area (Å²) in [4.78, 5) is 23.9. The van der Waals surface area contributed by atoms with Gasteiger partial charge in [-0.05, 0) is 92.4 Å². The van der Waals surface area contributed by atoms with Gasteiger partial charge in [-0.2, -0.15) is 0 Å². The molecule has 1 aromatic carbocycles. The Kier molecular flexibility index (Phi) is 4.12. The van der Waals surface area contributed by atoms with Crippen molar-refractivity contribution in [2.75, 3.05) is 0 Å². The smallest absolute Gasteiger partial charge is 0.303 e. The fraction of sp³-hybridized carbons (Fsp3) is 0.667. The minimum absolute atomic E-state index is 0.0159. The van der Waals surface area contributed by atoms with Crippen molar-refractivity contribution in [3.63, 3.8) is 0 Å². The number of aryl methyl sites for hydroxylation is 1. The third-order valence-corrected chi connectivity index (χ3v) is 8.60. The molecule has 0 saturated heterocycles. The van der Waals surface area contributed by atoms with Crippen LogP contribution in [0.15, 0.2) is 18.2 Å². The van der Waals surface area contributed by atoms with Crippen LogP contribution in [0.1, 0.15) is 75.8 Å². The first-order valence-corrected chi connectivity index (χ1v) is 10.9. The van der Waals surface area contributed by atoms with Crippen LogP contribution in [-0.4, -0.2) is 24.0 Å². The van der Waals surface area contributed by atoms with E-state index >= 15 is 0 Å². The molecule has 0 amide bonds. The topological polar surface area (TPSA) is 52.6 Å². The highest BCUT2D eigenvalue weighted by atomic mass is 16.6. The van der Waals surface area contributed by atoms with E-state index in [4.69, 9.17) is 9.47 Å². The minimum Gasteiger partial charge on any atom is -0.483 e. The van der Waals surface area contributed by atoms with Crippen LogP contribution >= 0.6 is 0 Å². The Morgan fingerprint density at radius 1 is 1.18 bits per heavy atom. The summed E-state index contributed by atoms with van der Waals surface area (Å²) in [5.74, 6) is 2.44. The van der Waals surface area contributed by atoms with Gasteiger partial charge in [0.15, 0.2) is 12.4 Å². The molecule has 4 heteroatoms. The molecule has 1 aromatic rings. The summed E-state index contributed by atoms with van der Waals surface area (Å²) in [5, 5.41) is 0. The Hall–Kier alpha value is -1.84. The average Bonchev–Trinajstić information content (AvgIpc) is 2.97. The van der Waals surface area contributed by atoms with E-state index in [2.05, 4.69) is 19.1 Å². The van der Waals surface area contributed by atoms with E-state index in [-0.39, 0.29) is 11.4 Å². The molecule has 2 unspecified atom stereocenters. The fourth-order valence-corrected chi connectivity index (χ4v) is 7.33. The molecule has 5 heterocycles. The Morgan fingerprint density at radius 2 is 2.00 bits per heavy atom. The maximum atomic E-state index is 12.1. The van der Waals surface area contributed by atoms with Crippen LogP contribution in [0, 0.1) is 17.3 Å². The van der Waals surface area contributed by atoms with Crippen LogP contribution in [0.3, 0.4) is 0 Å². The lowest BCUT2D eigenvalue weighted by molar-refractivity contribution is -0.180. The van der Waals surface area contributed by atoms with Gasteiger partial charge in [-0.25, -0.2) is 0 Å². The van der Waals surface area contributed by atoms with Gasteiger partial charge in [-0.3, -0.25) is 9.59 Å². The van der Waals surface area contributed by atoms with Gasteiger partial charge < -0.3 is 9.47 Å². The zero-order valence-electron chi connectivity index (χ0n) is 16.9. The second kappa shape index (κ2) is 6.33. The number of hydrogen-bond donors (Lipinski definition) is 0. The van der Waals surface area contributed by atoms with Crippen LogP contribution in [0.2, 0.25) is 0 Å². The largest absolute Gasteiger partial charge is 0.483 e. The normalized spacial score (nSPS) is 40.9. The third kappa shape index (κ3) is 2.49. The molecule has 0 radical (unpaired) electrons. The Balaban J connectivity index is 1.64. The first kappa shape index (κ1) is 18.2. The maximum absolute atomic E-state index is 12.1. The quantitative estimate of drug-likeness (QED) is 0.555. The van der Waals surface area contributed by atoms with Gasteiger partial charge in [0, 0.05) is 12.3 Å². The summed E-state index contributed by atoms with van der Waals surface area (Å²) in [6.45, 7) is 3.89. The van der Waals surface area contributed by atoms with Crippen molar-refractivity contribution in [2.45, 2.75) is 82.8 Å². The van der Waals surface area contributed by atoms with Crippen LogP contribution in [0.5, 0.6) is 5.75 Å². The molecule has 8 aliphatic rings. The van der Waals surface area contributed by atoms with E-state index in [1.165, 1.54) is 24.5 Å². The lowest BCUT2D eigenvalue weighted by atomic mass is 9.53. The van der Waals surface area contributed by atoms with Crippen LogP contribution in [0.4, 0.5) is 0 Å². The fourth-order valence-electron chi connectivity index (χ4n) is 7.33. The highest BCUT2D eigenvalue weighted by molar-refractivity contribution is 5.67. The van der Waals surface area contributed by atoms with E-state index in [9.17, 15) is 9.59 Å². The molecule has 9 rings (SSSR count). The Morgan fingerprint density at radius 3 is 2.79 bits per heavy atom. The van der Waals surface area contributed by atoms with Gasteiger partial charge in [-0.1, -0.05) is 13.0 Å². The number of carbonyl (C=O) groups excluding carboxylic acids is 2. The summed E-state index contributed by atoms with van der Waals surface area (Å²) >= 11 is 0. The van der Waals surface area contributed by atoms with E-state index in [1.807, 2.05) is 6.07 Å². The number of benzene rings is 1. The number of fused-ring (bicyclic) bond motifs is 1. The standard InChI is InChI=1S/C24H30O4/c1-15(26)28-24-11-7-18(14-25)27-17-4-6-19-16(13-17)3-5-21-20(19)8-10-23(24,2)22(21)9-12-24/h4,6,13-14,18,20-22H,3,5,7-12H2,1-2H3/t18?,20?,21-,22-,23-,24+/m0/s1.